The zero-order valence-electron chi connectivity index (χ0n) is 17.7. The topological polar surface area (TPSA) is 70.6 Å². The number of pyridine rings is 1. The van der Waals surface area contributed by atoms with Crippen molar-refractivity contribution >= 4 is 46.0 Å². The van der Waals surface area contributed by atoms with Crippen molar-refractivity contribution in [3.8, 4) is 11.1 Å². The normalized spacial score (nSPS) is 14.8. The van der Waals surface area contributed by atoms with Crippen molar-refractivity contribution in [1.82, 2.24) is 14.2 Å². The summed E-state index contributed by atoms with van der Waals surface area (Å²) < 4.78 is 26.7. The Labute approximate surface area is 205 Å². The van der Waals surface area contributed by atoms with Crippen molar-refractivity contribution in [3.05, 3.63) is 94.6 Å². The quantitative estimate of drug-likeness (QED) is 0.510. The third-order valence-electron chi connectivity index (χ3n) is 5.31. The maximum Gasteiger partial charge on any atom is 0.253 e. The van der Waals surface area contributed by atoms with Crippen molar-refractivity contribution in [3.63, 3.8) is 0 Å². The Morgan fingerprint density at radius 2 is 1.58 bits per heavy atom. The largest absolute Gasteiger partial charge is 0.336 e. The number of hydrogen-bond acceptors (Lipinski definition) is 4. The van der Waals surface area contributed by atoms with Gasteiger partial charge in [0.25, 0.3) is 5.91 Å². The first-order valence-electron chi connectivity index (χ1n) is 10.2. The van der Waals surface area contributed by atoms with E-state index in [-0.39, 0.29) is 31.4 Å². The van der Waals surface area contributed by atoms with Crippen LogP contribution in [0, 0.1) is 0 Å². The predicted molar refractivity (Wildman–Crippen MR) is 134 cm³/mol. The van der Waals surface area contributed by atoms with Crippen LogP contribution >= 0.6 is 24.0 Å². The van der Waals surface area contributed by atoms with Crippen molar-refractivity contribution in [2.75, 3.05) is 26.2 Å². The Morgan fingerprint density at radius 3 is 2.18 bits per heavy atom. The van der Waals surface area contributed by atoms with Gasteiger partial charge < -0.3 is 4.90 Å². The number of amides is 1. The number of sulfonamides is 1. The lowest BCUT2D eigenvalue weighted by molar-refractivity contribution is 0.0698. The van der Waals surface area contributed by atoms with Crippen LogP contribution in [-0.4, -0.2) is 54.7 Å². The van der Waals surface area contributed by atoms with Crippen LogP contribution < -0.4 is 0 Å². The van der Waals surface area contributed by atoms with Gasteiger partial charge in [-0.1, -0.05) is 41.9 Å². The Hall–Kier alpha value is -2.71. The van der Waals surface area contributed by atoms with Gasteiger partial charge in [0.15, 0.2) is 0 Å². The molecule has 0 atom stereocenters. The summed E-state index contributed by atoms with van der Waals surface area (Å²) in [7, 11) is -3.57. The molecular formula is C24H23Cl2N3O3S. The van der Waals surface area contributed by atoms with Crippen LogP contribution in [0.5, 0.6) is 0 Å². The number of rotatable bonds is 5. The van der Waals surface area contributed by atoms with Crippen molar-refractivity contribution in [2.24, 2.45) is 0 Å². The maximum absolute atomic E-state index is 12.9. The van der Waals surface area contributed by atoms with E-state index in [2.05, 4.69) is 4.98 Å². The van der Waals surface area contributed by atoms with E-state index in [0.29, 0.717) is 23.7 Å². The van der Waals surface area contributed by atoms with Crippen LogP contribution in [0.4, 0.5) is 0 Å². The van der Waals surface area contributed by atoms with Crippen LogP contribution in [0.3, 0.4) is 0 Å². The summed E-state index contributed by atoms with van der Waals surface area (Å²) in [4.78, 5) is 18.7. The minimum absolute atomic E-state index is 0. The van der Waals surface area contributed by atoms with Gasteiger partial charge in [0.1, 0.15) is 0 Å². The Balaban J connectivity index is 0.00000306. The molecule has 1 aromatic heterocycles. The van der Waals surface area contributed by atoms with Crippen LogP contribution in [0.15, 0.2) is 78.5 Å². The third-order valence-corrected chi connectivity index (χ3v) is 7.13. The van der Waals surface area contributed by atoms with E-state index >= 15 is 0 Å². The number of hydrogen-bond donors (Lipinski definition) is 0. The van der Waals surface area contributed by atoms with Crippen molar-refractivity contribution < 1.29 is 13.2 Å². The second-order valence-electron chi connectivity index (χ2n) is 7.41. The minimum atomic E-state index is -3.57. The van der Waals surface area contributed by atoms with Gasteiger partial charge >= 0.3 is 0 Å². The monoisotopic (exact) mass is 503 g/mol. The number of benzene rings is 2. The number of piperazine rings is 1. The van der Waals surface area contributed by atoms with E-state index in [1.54, 1.807) is 59.8 Å². The highest BCUT2D eigenvalue weighted by Gasteiger charge is 2.27. The summed E-state index contributed by atoms with van der Waals surface area (Å²) in [5.74, 6) is -0.100. The van der Waals surface area contributed by atoms with Crippen LogP contribution in [0.1, 0.15) is 15.9 Å². The molecule has 4 rings (SSSR count). The first-order valence-corrected chi connectivity index (χ1v) is 12.0. The molecule has 0 radical (unpaired) electrons. The summed E-state index contributed by atoms with van der Waals surface area (Å²) in [5.41, 5.74) is 3.30. The molecular weight excluding hydrogens is 481 g/mol. The number of carbonyl (C=O) groups is 1. The second kappa shape index (κ2) is 10.9. The van der Waals surface area contributed by atoms with Crippen LogP contribution in [-0.2, 0) is 10.0 Å². The summed E-state index contributed by atoms with van der Waals surface area (Å²) in [5, 5.41) is 1.79. The highest BCUT2D eigenvalue weighted by atomic mass is 35.5. The van der Waals surface area contributed by atoms with Crippen LogP contribution in [0.2, 0.25) is 5.02 Å². The molecule has 172 valence electrons. The standard InChI is InChI=1S/C24H22ClN3O3S.ClH/c25-23-9-3-19(4-10-23)11-17-32(30,31)28-15-13-27(14-16-28)24(29)21-7-5-20(6-8-21)22-2-1-12-26-18-22;/h1-12,17-18H,13-16H2;1H/b17-11+;. The molecule has 0 N–H and O–H groups in total. The first-order chi connectivity index (χ1) is 15.4. The van der Waals surface area contributed by atoms with Gasteiger partial charge in [0.2, 0.25) is 10.0 Å². The molecule has 1 fully saturated rings. The minimum Gasteiger partial charge on any atom is -0.336 e. The lowest BCUT2D eigenvalue weighted by Crippen LogP contribution is -2.50. The maximum atomic E-state index is 12.9. The molecule has 2 heterocycles. The fourth-order valence-electron chi connectivity index (χ4n) is 3.49. The van der Waals surface area contributed by atoms with Crippen molar-refractivity contribution in [2.45, 2.75) is 0 Å². The SMILES string of the molecule is Cl.O=C(c1ccc(-c2cccnc2)cc1)N1CCN(S(=O)(=O)/C=C/c2ccc(Cl)cc2)CC1. The van der Waals surface area contributed by atoms with E-state index in [4.69, 9.17) is 11.6 Å². The molecule has 0 spiro atoms. The van der Waals surface area contributed by atoms with Gasteiger partial charge in [0, 0.05) is 54.6 Å². The lowest BCUT2D eigenvalue weighted by atomic mass is 10.1. The average Bonchev–Trinajstić information content (AvgIpc) is 2.84. The van der Waals surface area contributed by atoms with E-state index in [9.17, 15) is 13.2 Å². The Kier molecular flexibility index (Phi) is 8.26. The second-order valence-corrected chi connectivity index (χ2v) is 9.66. The lowest BCUT2D eigenvalue weighted by Gasteiger charge is -2.33. The number of nitrogens with zero attached hydrogens (tertiary/aromatic N) is 3. The molecule has 33 heavy (non-hydrogen) atoms. The molecule has 2 aromatic carbocycles. The predicted octanol–water partition coefficient (Wildman–Crippen LogP) is 4.58. The molecule has 1 saturated heterocycles. The molecule has 0 saturated carbocycles. The zero-order chi connectivity index (χ0) is 22.6. The molecule has 1 amide bonds. The van der Waals surface area contributed by atoms with Gasteiger partial charge in [-0.25, -0.2) is 8.42 Å². The Bertz CT molecular complexity index is 1210. The molecule has 0 unspecified atom stereocenters. The van der Waals surface area contributed by atoms with E-state index in [0.717, 1.165) is 16.7 Å². The molecule has 0 bridgehead atoms. The summed E-state index contributed by atoms with van der Waals surface area (Å²) in [6.45, 7) is 1.20. The molecule has 6 nitrogen and oxygen atoms in total. The van der Waals surface area contributed by atoms with Crippen molar-refractivity contribution in [1.29, 1.82) is 0 Å². The van der Waals surface area contributed by atoms with E-state index in [1.807, 2.05) is 24.3 Å². The number of aromatic nitrogens is 1. The van der Waals surface area contributed by atoms with Gasteiger partial charge in [0.05, 0.1) is 0 Å². The fourth-order valence-corrected chi connectivity index (χ4v) is 4.79. The van der Waals surface area contributed by atoms with Gasteiger partial charge in [-0.2, -0.15) is 4.31 Å². The molecule has 3 aromatic rings. The Morgan fingerprint density at radius 1 is 0.909 bits per heavy atom. The number of carbonyl (C=O) groups excluding carboxylic acids is 1. The first kappa shape index (κ1) is 24.9. The summed E-state index contributed by atoms with van der Waals surface area (Å²) >= 11 is 5.86. The smallest absolute Gasteiger partial charge is 0.253 e. The van der Waals surface area contributed by atoms with Gasteiger partial charge in [-0.05, 0) is 53.1 Å². The average molecular weight is 504 g/mol. The molecule has 0 aliphatic carbocycles. The fraction of sp³-hybridized carbons (Fsp3) is 0.167. The molecule has 1 aliphatic rings. The van der Waals surface area contributed by atoms with E-state index in [1.165, 1.54) is 9.71 Å². The molecule has 1 aliphatic heterocycles. The van der Waals surface area contributed by atoms with Gasteiger partial charge in [-0.15, -0.1) is 12.4 Å². The summed E-state index contributed by atoms with van der Waals surface area (Å²) in [6, 6.07) is 18.1. The molecule has 9 heteroatoms. The van der Waals surface area contributed by atoms with Gasteiger partial charge in [-0.3, -0.25) is 9.78 Å². The van der Waals surface area contributed by atoms with Crippen LogP contribution in [0.25, 0.3) is 17.2 Å². The number of halogens is 2. The highest BCUT2D eigenvalue weighted by molar-refractivity contribution is 7.92. The van der Waals surface area contributed by atoms with E-state index < -0.39 is 10.0 Å². The zero-order valence-corrected chi connectivity index (χ0v) is 20.1. The highest BCUT2D eigenvalue weighted by Crippen LogP contribution is 2.20. The third kappa shape index (κ3) is 6.21. The summed E-state index contributed by atoms with van der Waals surface area (Å²) in [6.07, 6.45) is 5.04.